The van der Waals surface area contributed by atoms with Gasteiger partial charge in [-0.25, -0.2) is 0 Å². The molecule has 0 saturated heterocycles. The number of carbonyl (C=O) groups excluding carboxylic acids is 2. The molecule has 21 heavy (non-hydrogen) atoms. The Morgan fingerprint density at radius 1 is 0.810 bits per heavy atom. The Bertz CT molecular complexity index is 782. The summed E-state index contributed by atoms with van der Waals surface area (Å²) in [5.74, 6) is -0.795. The van der Waals surface area contributed by atoms with Crippen molar-refractivity contribution >= 4 is 40.5 Å². The van der Waals surface area contributed by atoms with Crippen molar-refractivity contribution in [3.8, 4) is 0 Å². The van der Waals surface area contributed by atoms with Gasteiger partial charge in [-0.15, -0.1) is 0 Å². The second-order valence-electron chi connectivity index (χ2n) is 4.50. The van der Waals surface area contributed by atoms with Crippen molar-refractivity contribution in [3.63, 3.8) is 0 Å². The summed E-state index contributed by atoms with van der Waals surface area (Å²) in [5.41, 5.74) is 1.14. The summed E-state index contributed by atoms with van der Waals surface area (Å²) in [6.07, 6.45) is 0. The van der Waals surface area contributed by atoms with Crippen LogP contribution in [0.1, 0.15) is 20.7 Å². The Labute approximate surface area is 131 Å². The Kier molecular flexibility index (Phi) is 3.53. The number of carbonyl (C=O) groups is 2. The molecule has 0 atom stereocenters. The lowest BCUT2D eigenvalue weighted by molar-refractivity contribution is 0.0982. The van der Waals surface area contributed by atoms with Crippen LogP contribution >= 0.6 is 23.2 Å². The molecule has 1 aliphatic carbocycles. The molecule has 3 nitrogen and oxygen atoms in total. The molecule has 104 valence electrons. The van der Waals surface area contributed by atoms with Crippen LogP contribution < -0.4 is 5.32 Å². The molecule has 0 heterocycles. The molecule has 2 aromatic rings. The van der Waals surface area contributed by atoms with Gasteiger partial charge in [0.25, 0.3) is 0 Å². The van der Waals surface area contributed by atoms with Gasteiger partial charge in [0, 0.05) is 11.3 Å². The third-order valence-corrected chi connectivity index (χ3v) is 3.85. The van der Waals surface area contributed by atoms with Gasteiger partial charge in [0.05, 0.1) is 10.6 Å². The van der Waals surface area contributed by atoms with Gasteiger partial charge in [0.15, 0.2) is 0 Å². The number of ketones is 2. The van der Waals surface area contributed by atoms with Gasteiger partial charge in [-0.1, -0.05) is 53.5 Å². The van der Waals surface area contributed by atoms with Crippen molar-refractivity contribution in [1.82, 2.24) is 0 Å². The standard InChI is InChI=1S/C16H9Cl2NO2/c17-11-8-4-7-10-12(11)16(21)14(13(18)15(10)20)19-9-5-2-1-3-6-9/h1-8,19H. The molecule has 0 radical (unpaired) electrons. The van der Waals surface area contributed by atoms with E-state index in [1.54, 1.807) is 30.3 Å². The number of hydrogen-bond acceptors (Lipinski definition) is 3. The van der Waals surface area contributed by atoms with Crippen LogP contribution in [0.3, 0.4) is 0 Å². The van der Waals surface area contributed by atoms with Crippen LogP contribution in [0.2, 0.25) is 5.02 Å². The maximum atomic E-state index is 12.6. The number of rotatable bonds is 2. The van der Waals surface area contributed by atoms with E-state index in [4.69, 9.17) is 23.2 Å². The fourth-order valence-electron chi connectivity index (χ4n) is 2.18. The van der Waals surface area contributed by atoms with Crippen LogP contribution in [0.15, 0.2) is 59.3 Å². The molecular weight excluding hydrogens is 309 g/mol. The van der Waals surface area contributed by atoms with Crippen LogP contribution in [-0.2, 0) is 0 Å². The Balaban J connectivity index is 2.10. The Morgan fingerprint density at radius 3 is 2.24 bits per heavy atom. The van der Waals surface area contributed by atoms with Crippen molar-refractivity contribution in [2.75, 3.05) is 5.32 Å². The molecule has 1 aliphatic rings. The summed E-state index contributed by atoms with van der Waals surface area (Å²) in [4.78, 5) is 24.8. The van der Waals surface area contributed by atoms with Crippen LogP contribution in [-0.4, -0.2) is 11.6 Å². The molecule has 2 aromatic carbocycles. The number of hydrogen-bond donors (Lipinski definition) is 1. The molecule has 0 aromatic heterocycles. The van der Waals surface area contributed by atoms with E-state index in [1.807, 2.05) is 18.2 Å². The van der Waals surface area contributed by atoms with Gasteiger partial charge < -0.3 is 5.32 Å². The summed E-state index contributed by atoms with van der Waals surface area (Å²) in [7, 11) is 0. The summed E-state index contributed by atoms with van der Waals surface area (Å²) in [5, 5.41) is 3.01. The molecule has 0 amide bonds. The van der Waals surface area contributed by atoms with Gasteiger partial charge in [-0.05, 0) is 18.2 Å². The predicted molar refractivity (Wildman–Crippen MR) is 83.1 cm³/mol. The van der Waals surface area contributed by atoms with Gasteiger partial charge in [0.2, 0.25) is 11.6 Å². The first-order valence-corrected chi connectivity index (χ1v) is 6.95. The second kappa shape index (κ2) is 5.35. The minimum absolute atomic E-state index is 0.0495. The largest absolute Gasteiger partial charge is 0.351 e. The molecular formula is C16H9Cl2NO2. The van der Waals surface area contributed by atoms with Crippen LogP contribution in [0.4, 0.5) is 5.69 Å². The quantitative estimate of drug-likeness (QED) is 0.899. The summed E-state index contributed by atoms with van der Waals surface area (Å²) < 4.78 is 0. The zero-order valence-corrected chi connectivity index (χ0v) is 12.2. The molecule has 1 N–H and O–H groups in total. The van der Waals surface area contributed by atoms with E-state index in [9.17, 15) is 9.59 Å². The average Bonchev–Trinajstić information content (AvgIpc) is 2.50. The summed E-state index contributed by atoms with van der Waals surface area (Å²) in [6.45, 7) is 0. The number of benzene rings is 2. The van der Waals surface area contributed by atoms with E-state index in [0.29, 0.717) is 5.69 Å². The van der Waals surface area contributed by atoms with E-state index in [1.165, 1.54) is 0 Å². The van der Waals surface area contributed by atoms with E-state index >= 15 is 0 Å². The smallest absolute Gasteiger partial charge is 0.213 e. The average molecular weight is 318 g/mol. The van der Waals surface area contributed by atoms with Crippen molar-refractivity contribution in [2.45, 2.75) is 0 Å². The third-order valence-electron chi connectivity index (χ3n) is 3.17. The Hall–Kier alpha value is -2.10. The molecule has 0 aliphatic heterocycles. The zero-order valence-electron chi connectivity index (χ0n) is 10.7. The van der Waals surface area contributed by atoms with Crippen LogP contribution in [0, 0.1) is 0 Å². The van der Waals surface area contributed by atoms with Crippen molar-refractivity contribution in [1.29, 1.82) is 0 Å². The minimum Gasteiger partial charge on any atom is -0.351 e. The molecule has 0 bridgehead atoms. The lowest BCUT2D eigenvalue weighted by atomic mass is 9.92. The first-order valence-electron chi connectivity index (χ1n) is 6.19. The highest BCUT2D eigenvalue weighted by molar-refractivity contribution is 6.51. The normalized spacial score (nSPS) is 14.2. The SMILES string of the molecule is O=C1C(Cl)=C(Nc2ccccc2)C(=O)c2c(Cl)cccc21. The molecule has 0 spiro atoms. The first-order chi connectivity index (χ1) is 10.1. The van der Waals surface area contributed by atoms with Gasteiger partial charge in [-0.2, -0.15) is 0 Å². The lowest BCUT2D eigenvalue weighted by Gasteiger charge is -2.19. The molecule has 0 saturated carbocycles. The monoisotopic (exact) mass is 317 g/mol. The highest BCUT2D eigenvalue weighted by Crippen LogP contribution is 2.33. The number of allylic oxidation sites excluding steroid dienone is 2. The van der Waals surface area contributed by atoms with Crippen molar-refractivity contribution in [3.05, 3.63) is 75.4 Å². The maximum Gasteiger partial charge on any atom is 0.213 e. The summed E-state index contributed by atoms with van der Waals surface area (Å²) in [6, 6.07) is 13.8. The first kappa shape index (κ1) is 13.9. The van der Waals surface area contributed by atoms with E-state index < -0.39 is 5.78 Å². The Morgan fingerprint density at radius 2 is 1.52 bits per heavy atom. The molecule has 5 heteroatoms. The molecule has 0 fully saturated rings. The van der Waals surface area contributed by atoms with E-state index in [-0.39, 0.29) is 32.7 Å². The van der Waals surface area contributed by atoms with Gasteiger partial charge in [-0.3, -0.25) is 9.59 Å². The van der Waals surface area contributed by atoms with Gasteiger partial charge in [0.1, 0.15) is 10.7 Å². The topological polar surface area (TPSA) is 46.2 Å². The van der Waals surface area contributed by atoms with Crippen molar-refractivity contribution < 1.29 is 9.59 Å². The highest BCUT2D eigenvalue weighted by atomic mass is 35.5. The second-order valence-corrected chi connectivity index (χ2v) is 5.29. The molecule has 3 rings (SSSR count). The van der Waals surface area contributed by atoms with Gasteiger partial charge >= 0.3 is 0 Å². The zero-order chi connectivity index (χ0) is 15.0. The lowest BCUT2D eigenvalue weighted by Crippen LogP contribution is -2.24. The predicted octanol–water partition coefficient (Wildman–Crippen LogP) is 4.28. The van der Waals surface area contributed by atoms with E-state index in [0.717, 1.165) is 0 Å². The third kappa shape index (κ3) is 2.35. The molecule has 0 unspecified atom stereocenters. The number of para-hydroxylation sites is 1. The summed E-state index contributed by atoms with van der Waals surface area (Å²) >= 11 is 12.1. The minimum atomic E-state index is -0.410. The number of anilines is 1. The van der Waals surface area contributed by atoms with E-state index in [2.05, 4.69) is 5.32 Å². The number of fused-ring (bicyclic) bond motifs is 1. The fourth-order valence-corrected chi connectivity index (χ4v) is 2.67. The van der Waals surface area contributed by atoms with Crippen LogP contribution in [0.25, 0.3) is 0 Å². The number of nitrogens with one attached hydrogen (secondary N) is 1. The number of halogens is 2. The number of Topliss-reactive ketones (excluding diaryl/α,β-unsaturated/α-hetero) is 2. The maximum absolute atomic E-state index is 12.6. The highest BCUT2D eigenvalue weighted by Gasteiger charge is 2.33. The van der Waals surface area contributed by atoms with Crippen LogP contribution in [0.5, 0.6) is 0 Å². The van der Waals surface area contributed by atoms with Crippen molar-refractivity contribution in [2.24, 2.45) is 0 Å². The fraction of sp³-hybridized carbons (Fsp3) is 0.